The van der Waals surface area contributed by atoms with Crippen molar-refractivity contribution in [1.29, 1.82) is 0 Å². The van der Waals surface area contributed by atoms with E-state index in [4.69, 9.17) is 4.98 Å². The molecular formula is C26H25N5O2. The van der Waals surface area contributed by atoms with Gasteiger partial charge >= 0.3 is 0 Å². The summed E-state index contributed by atoms with van der Waals surface area (Å²) in [6.07, 6.45) is 0.207. The van der Waals surface area contributed by atoms with E-state index in [9.17, 15) is 9.59 Å². The van der Waals surface area contributed by atoms with Crippen molar-refractivity contribution in [3.05, 3.63) is 83.6 Å². The van der Waals surface area contributed by atoms with Crippen molar-refractivity contribution >= 4 is 28.5 Å². The van der Waals surface area contributed by atoms with Gasteiger partial charge in [0, 0.05) is 31.0 Å². The maximum atomic E-state index is 13.1. The van der Waals surface area contributed by atoms with Gasteiger partial charge in [-0.3, -0.25) is 9.59 Å². The highest BCUT2D eigenvalue weighted by Crippen LogP contribution is 2.25. The summed E-state index contributed by atoms with van der Waals surface area (Å²) >= 11 is 0. The highest BCUT2D eigenvalue weighted by atomic mass is 16.2. The molecule has 0 saturated carbocycles. The molecule has 1 aliphatic heterocycles. The lowest BCUT2D eigenvalue weighted by atomic mass is 10.1. The number of hydrogen-bond acceptors (Lipinski definition) is 4. The molecule has 1 unspecified atom stereocenters. The van der Waals surface area contributed by atoms with Gasteiger partial charge in [0.1, 0.15) is 5.82 Å². The van der Waals surface area contributed by atoms with Crippen LogP contribution in [-0.4, -0.2) is 38.0 Å². The Morgan fingerprint density at radius 2 is 1.82 bits per heavy atom. The Labute approximate surface area is 192 Å². The molecule has 1 atom stereocenters. The first-order valence-corrected chi connectivity index (χ1v) is 11.0. The Bertz CT molecular complexity index is 1350. The van der Waals surface area contributed by atoms with E-state index in [0.717, 1.165) is 27.7 Å². The van der Waals surface area contributed by atoms with Crippen LogP contribution in [0, 0.1) is 19.8 Å². The molecule has 0 spiro atoms. The third-order valence-electron chi connectivity index (χ3n) is 6.01. The van der Waals surface area contributed by atoms with Gasteiger partial charge in [-0.05, 0) is 37.1 Å². The number of nitrogens with one attached hydrogen (secondary N) is 1. The quantitative estimate of drug-likeness (QED) is 0.509. The molecule has 2 amide bonds. The summed E-state index contributed by atoms with van der Waals surface area (Å²) in [7, 11) is 0. The van der Waals surface area contributed by atoms with Crippen molar-refractivity contribution in [3.8, 4) is 5.82 Å². The van der Waals surface area contributed by atoms with E-state index in [1.807, 2.05) is 80.6 Å². The molecule has 0 radical (unpaired) electrons. The normalized spacial score (nSPS) is 15.9. The molecule has 166 valence electrons. The van der Waals surface area contributed by atoms with Gasteiger partial charge in [0.05, 0.1) is 17.1 Å². The molecule has 1 fully saturated rings. The van der Waals surface area contributed by atoms with Crippen molar-refractivity contribution in [2.45, 2.75) is 26.8 Å². The summed E-state index contributed by atoms with van der Waals surface area (Å²) in [5.41, 5.74) is 3.78. The van der Waals surface area contributed by atoms with Crippen LogP contribution in [-0.2, 0) is 16.1 Å². The van der Waals surface area contributed by atoms with Crippen molar-refractivity contribution in [2.24, 2.45) is 5.92 Å². The van der Waals surface area contributed by atoms with Gasteiger partial charge in [-0.25, -0.2) is 4.98 Å². The molecular weight excluding hydrogens is 414 g/mol. The van der Waals surface area contributed by atoms with Crippen molar-refractivity contribution in [2.75, 3.05) is 11.9 Å². The summed E-state index contributed by atoms with van der Waals surface area (Å²) in [4.78, 5) is 32.1. The number of anilines is 1. The predicted molar refractivity (Wildman–Crippen MR) is 127 cm³/mol. The van der Waals surface area contributed by atoms with Crippen LogP contribution >= 0.6 is 0 Å². The molecule has 1 aliphatic rings. The zero-order valence-corrected chi connectivity index (χ0v) is 18.7. The second-order valence-corrected chi connectivity index (χ2v) is 8.55. The first kappa shape index (κ1) is 20.9. The highest BCUT2D eigenvalue weighted by molar-refractivity contribution is 5.97. The number of fused-ring (bicyclic) bond motifs is 1. The fourth-order valence-corrected chi connectivity index (χ4v) is 4.34. The number of aromatic nitrogens is 3. The van der Waals surface area contributed by atoms with Crippen LogP contribution in [0.25, 0.3) is 16.7 Å². The fourth-order valence-electron chi connectivity index (χ4n) is 4.34. The van der Waals surface area contributed by atoms with Gasteiger partial charge in [0.25, 0.3) is 0 Å². The Morgan fingerprint density at radius 1 is 1.06 bits per heavy atom. The summed E-state index contributed by atoms with van der Waals surface area (Å²) < 4.78 is 1.66. The molecule has 0 aliphatic carbocycles. The number of para-hydroxylation sites is 1. The molecule has 5 rings (SSSR count). The average molecular weight is 440 g/mol. The van der Waals surface area contributed by atoms with E-state index in [0.29, 0.717) is 24.7 Å². The zero-order valence-electron chi connectivity index (χ0n) is 18.7. The number of carbonyl (C=O) groups excluding carboxylic acids is 2. The van der Waals surface area contributed by atoms with E-state index in [2.05, 4.69) is 10.4 Å². The lowest BCUT2D eigenvalue weighted by Crippen LogP contribution is -2.28. The number of rotatable bonds is 5. The van der Waals surface area contributed by atoms with Gasteiger partial charge in [-0.1, -0.05) is 48.5 Å². The summed E-state index contributed by atoms with van der Waals surface area (Å²) in [6.45, 7) is 4.83. The van der Waals surface area contributed by atoms with E-state index in [1.54, 1.807) is 9.58 Å². The third-order valence-corrected chi connectivity index (χ3v) is 6.01. The molecule has 7 nitrogen and oxygen atoms in total. The molecule has 1 N–H and O–H groups in total. The Morgan fingerprint density at radius 3 is 2.64 bits per heavy atom. The number of nitrogens with zero attached hydrogens (tertiary/aromatic N) is 4. The Balaban J connectivity index is 1.35. The smallest absolute Gasteiger partial charge is 0.230 e. The number of carbonyl (C=O) groups is 2. The van der Waals surface area contributed by atoms with Gasteiger partial charge in [0.15, 0.2) is 5.82 Å². The Hall–Kier alpha value is -4.00. The number of benzene rings is 2. The maximum Gasteiger partial charge on any atom is 0.230 e. The molecule has 1 saturated heterocycles. The second-order valence-electron chi connectivity index (χ2n) is 8.55. The van der Waals surface area contributed by atoms with Crippen LogP contribution in [0.4, 0.5) is 5.82 Å². The third kappa shape index (κ3) is 4.22. The summed E-state index contributed by atoms with van der Waals surface area (Å²) in [5.74, 6) is 0.598. The van der Waals surface area contributed by atoms with Crippen molar-refractivity contribution < 1.29 is 9.59 Å². The lowest BCUT2D eigenvalue weighted by molar-refractivity contribution is -0.128. The summed E-state index contributed by atoms with van der Waals surface area (Å²) in [5, 5.41) is 8.63. The van der Waals surface area contributed by atoms with Crippen LogP contribution in [0.5, 0.6) is 0 Å². The second kappa shape index (κ2) is 8.50. The molecule has 2 aromatic heterocycles. The first-order valence-electron chi connectivity index (χ1n) is 11.0. The van der Waals surface area contributed by atoms with Gasteiger partial charge < -0.3 is 10.2 Å². The van der Waals surface area contributed by atoms with Crippen LogP contribution in [0.15, 0.2) is 66.7 Å². The zero-order chi connectivity index (χ0) is 22.9. The van der Waals surface area contributed by atoms with Crippen LogP contribution < -0.4 is 5.32 Å². The topological polar surface area (TPSA) is 80.1 Å². The van der Waals surface area contributed by atoms with Crippen molar-refractivity contribution in [1.82, 2.24) is 19.7 Å². The van der Waals surface area contributed by atoms with Gasteiger partial charge in [-0.2, -0.15) is 9.78 Å². The number of likely N-dealkylation sites (tertiary alicyclic amines) is 1. The molecule has 33 heavy (non-hydrogen) atoms. The molecule has 4 aromatic rings. The number of aryl methyl sites for hydroxylation is 2. The minimum absolute atomic E-state index is 0.00416. The maximum absolute atomic E-state index is 13.1. The number of pyridine rings is 1. The predicted octanol–water partition coefficient (Wildman–Crippen LogP) is 4.02. The van der Waals surface area contributed by atoms with E-state index in [-0.39, 0.29) is 18.2 Å². The standard InChI is InChI=1S/C26H25N5O2/c1-17-12-23(27-22-11-7-6-10-21(17)22)31-24(13-18(2)29-31)28-26(33)20-14-25(32)30(16-20)15-19-8-4-3-5-9-19/h3-13,20H,14-16H2,1-2H3,(H,28,33). The Kier molecular flexibility index (Phi) is 5.38. The minimum atomic E-state index is -0.406. The molecule has 2 aromatic carbocycles. The summed E-state index contributed by atoms with van der Waals surface area (Å²) in [6, 6.07) is 21.6. The molecule has 7 heteroatoms. The minimum Gasteiger partial charge on any atom is -0.338 e. The highest BCUT2D eigenvalue weighted by Gasteiger charge is 2.34. The van der Waals surface area contributed by atoms with E-state index < -0.39 is 5.92 Å². The van der Waals surface area contributed by atoms with Crippen LogP contribution in [0.1, 0.15) is 23.2 Å². The monoisotopic (exact) mass is 439 g/mol. The van der Waals surface area contributed by atoms with Crippen LogP contribution in [0.2, 0.25) is 0 Å². The fraction of sp³-hybridized carbons (Fsp3) is 0.231. The largest absolute Gasteiger partial charge is 0.338 e. The van der Waals surface area contributed by atoms with E-state index in [1.165, 1.54) is 0 Å². The first-order chi connectivity index (χ1) is 16.0. The number of amides is 2. The van der Waals surface area contributed by atoms with Gasteiger partial charge in [0.2, 0.25) is 11.8 Å². The molecule has 0 bridgehead atoms. The SMILES string of the molecule is Cc1cc(NC(=O)C2CC(=O)N(Cc3ccccc3)C2)n(-c2cc(C)c3ccccc3n2)n1. The average Bonchev–Trinajstić information content (AvgIpc) is 3.36. The van der Waals surface area contributed by atoms with Gasteiger partial charge in [-0.15, -0.1) is 0 Å². The van der Waals surface area contributed by atoms with E-state index >= 15 is 0 Å². The molecule has 3 heterocycles. The lowest BCUT2D eigenvalue weighted by Gasteiger charge is -2.17. The number of hydrogen-bond donors (Lipinski definition) is 1. The van der Waals surface area contributed by atoms with Crippen LogP contribution in [0.3, 0.4) is 0 Å². The van der Waals surface area contributed by atoms with Crippen molar-refractivity contribution in [3.63, 3.8) is 0 Å².